The third kappa shape index (κ3) is 2.16. The van der Waals surface area contributed by atoms with E-state index in [4.69, 9.17) is 0 Å². The number of hydrogen-bond acceptors (Lipinski definition) is 3. The van der Waals surface area contributed by atoms with Crippen LogP contribution >= 0.6 is 0 Å². The summed E-state index contributed by atoms with van der Waals surface area (Å²) >= 11 is 0. The number of sulfonamides is 1. The molecule has 1 aromatic heterocycles. The molecule has 6 nitrogen and oxygen atoms in total. The molecule has 0 saturated carbocycles. The Bertz CT molecular complexity index is 582. The second-order valence-electron chi connectivity index (χ2n) is 4.68. The summed E-state index contributed by atoms with van der Waals surface area (Å²) in [6.07, 6.45) is 1.74. The van der Waals surface area contributed by atoms with Crippen molar-refractivity contribution in [3.8, 4) is 0 Å². The van der Waals surface area contributed by atoms with E-state index in [1.807, 2.05) is 13.8 Å². The highest BCUT2D eigenvalue weighted by Crippen LogP contribution is 2.17. The number of aromatic amines is 1. The minimum absolute atomic E-state index is 0.0554. The fraction of sp³-hybridized carbons (Fsp3) is 0.700. The highest BCUT2D eigenvalue weighted by molar-refractivity contribution is 7.88. The fourth-order valence-electron chi connectivity index (χ4n) is 2.05. The van der Waals surface area contributed by atoms with Gasteiger partial charge in [0.15, 0.2) is 0 Å². The molecular weight excluding hydrogens is 242 g/mol. The lowest BCUT2D eigenvalue weighted by molar-refractivity contribution is 0.392. The quantitative estimate of drug-likeness (QED) is 0.817. The van der Waals surface area contributed by atoms with Gasteiger partial charge in [-0.1, -0.05) is 0 Å². The standard InChI is InChI=1S/C10H17N3O3S/c1-7(2)13-10(14)8-6-12(17(3,15)16)5-4-9(8)11-13/h7,11H,4-6H2,1-3H3. The molecule has 0 bridgehead atoms. The summed E-state index contributed by atoms with van der Waals surface area (Å²) in [6.45, 7) is 4.45. The molecule has 0 spiro atoms. The molecule has 7 heteroatoms. The molecule has 0 aromatic carbocycles. The van der Waals surface area contributed by atoms with Gasteiger partial charge in [-0.2, -0.15) is 4.31 Å². The van der Waals surface area contributed by atoms with Gasteiger partial charge in [0.1, 0.15) is 0 Å². The predicted molar refractivity (Wildman–Crippen MR) is 64.4 cm³/mol. The number of nitrogens with zero attached hydrogens (tertiary/aromatic N) is 2. The Morgan fingerprint density at radius 2 is 2.00 bits per heavy atom. The summed E-state index contributed by atoms with van der Waals surface area (Å²) < 4.78 is 25.8. The van der Waals surface area contributed by atoms with E-state index in [1.165, 1.54) is 10.6 Å². The molecule has 0 unspecified atom stereocenters. The molecule has 0 saturated heterocycles. The molecule has 0 fully saturated rings. The predicted octanol–water partition coefficient (Wildman–Crippen LogP) is 0.0750. The van der Waals surface area contributed by atoms with Gasteiger partial charge in [0.05, 0.1) is 11.8 Å². The molecule has 0 radical (unpaired) electrons. The summed E-state index contributed by atoms with van der Waals surface area (Å²) in [5, 5.41) is 3.06. The molecule has 1 N–H and O–H groups in total. The molecule has 96 valence electrons. The molecule has 1 aliphatic heterocycles. The van der Waals surface area contributed by atoms with E-state index in [-0.39, 0.29) is 18.1 Å². The van der Waals surface area contributed by atoms with Gasteiger partial charge in [-0.25, -0.2) is 8.42 Å². The average Bonchev–Trinajstić information content (AvgIpc) is 2.54. The van der Waals surface area contributed by atoms with E-state index in [0.29, 0.717) is 18.5 Å². The van der Waals surface area contributed by atoms with Crippen LogP contribution in [-0.4, -0.2) is 35.3 Å². The van der Waals surface area contributed by atoms with Crippen molar-refractivity contribution in [2.45, 2.75) is 32.9 Å². The van der Waals surface area contributed by atoms with Gasteiger partial charge in [0.2, 0.25) is 10.0 Å². The van der Waals surface area contributed by atoms with Gasteiger partial charge in [-0.05, 0) is 13.8 Å². The third-order valence-electron chi connectivity index (χ3n) is 3.03. The van der Waals surface area contributed by atoms with E-state index in [1.54, 1.807) is 4.68 Å². The molecule has 0 aliphatic carbocycles. The maximum absolute atomic E-state index is 12.0. The summed E-state index contributed by atoms with van der Waals surface area (Å²) in [7, 11) is -3.23. The van der Waals surface area contributed by atoms with Crippen LogP contribution < -0.4 is 5.56 Å². The van der Waals surface area contributed by atoms with Crippen LogP contribution in [0.15, 0.2) is 4.79 Å². The third-order valence-corrected chi connectivity index (χ3v) is 4.28. The van der Waals surface area contributed by atoms with Gasteiger partial charge in [0.25, 0.3) is 5.56 Å². The van der Waals surface area contributed by atoms with Crippen LogP contribution in [0.25, 0.3) is 0 Å². The topological polar surface area (TPSA) is 75.2 Å². The smallest absolute Gasteiger partial charge is 0.271 e. The molecule has 2 heterocycles. The zero-order chi connectivity index (χ0) is 12.8. The van der Waals surface area contributed by atoms with Crippen molar-refractivity contribution in [1.29, 1.82) is 0 Å². The van der Waals surface area contributed by atoms with Crippen LogP contribution in [0.4, 0.5) is 0 Å². The normalized spacial score (nSPS) is 17.4. The van der Waals surface area contributed by atoms with Crippen molar-refractivity contribution >= 4 is 10.0 Å². The Hall–Kier alpha value is -1.08. The van der Waals surface area contributed by atoms with Crippen molar-refractivity contribution < 1.29 is 8.42 Å². The Balaban J connectivity index is 2.42. The maximum atomic E-state index is 12.0. The SMILES string of the molecule is CC(C)n1[nH]c2c(c1=O)CN(S(C)(=O)=O)CC2. The summed E-state index contributed by atoms with van der Waals surface area (Å²) in [4.78, 5) is 12.0. The minimum atomic E-state index is -3.23. The highest BCUT2D eigenvalue weighted by atomic mass is 32.2. The van der Waals surface area contributed by atoms with Crippen molar-refractivity contribution in [3.05, 3.63) is 21.6 Å². The van der Waals surface area contributed by atoms with E-state index in [0.717, 1.165) is 5.69 Å². The molecule has 17 heavy (non-hydrogen) atoms. The highest BCUT2D eigenvalue weighted by Gasteiger charge is 2.27. The van der Waals surface area contributed by atoms with Gasteiger partial charge in [0, 0.05) is 31.2 Å². The Morgan fingerprint density at radius 3 is 2.53 bits per heavy atom. The first-order valence-corrected chi connectivity index (χ1v) is 7.43. The van der Waals surface area contributed by atoms with Crippen molar-refractivity contribution in [2.75, 3.05) is 12.8 Å². The fourth-order valence-corrected chi connectivity index (χ4v) is 2.83. The van der Waals surface area contributed by atoms with Crippen molar-refractivity contribution in [2.24, 2.45) is 0 Å². The van der Waals surface area contributed by atoms with Gasteiger partial charge < -0.3 is 0 Å². The van der Waals surface area contributed by atoms with Crippen LogP contribution in [-0.2, 0) is 23.0 Å². The van der Waals surface area contributed by atoms with Gasteiger partial charge >= 0.3 is 0 Å². The van der Waals surface area contributed by atoms with E-state index >= 15 is 0 Å². The molecule has 0 amide bonds. The average molecular weight is 259 g/mol. The Kier molecular flexibility index (Phi) is 2.90. The van der Waals surface area contributed by atoms with E-state index in [2.05, 4.69) is 5.10 Å². The molecule has 1 aliphatic rings. The van der Waals surface area contributed by atoms with Crippen LogP contribution in [0.5, 0.6) is 0 Å². The van der Waals surface area contributed by atoms with Gasteiger partial charge in [-0.3, -0.25) is 14.6 Å². The summed E-state index contributed by atoms with van der Waals surface area (Å²) in [6, 6.07) is 0.0554. The number of aromatic nitrogens is 2. The summed E-state index contributed by atoms with van der Waals surface area (Å²) in [5.74, 6) is 0. The lowest BCUT2D eigenvalue weighted by atomic mass is 10.1. The van der Waals surface area contributed by atoms with Gasteiger partial charge in [-0.15, -0.1) is 0 Å². The first-order chi connectivity index (χ1) is 7.80. The number of rotatable bonds is 2. The zero-order valence-electron chi connectivity index (χ0n) is 10.2. The van der Waals surface area contributed by atoms with Crippen LogP contribution in [0.3, 0.4) is 0 Å². The molecule has 2 rings (SSSR count). The first kappa shape index (κ1) is 12.4. The number of nitrogens with one attached hydrogen (secondary N) is 1. The Morgan fingerprint density at radius 1 is 1.35 bits per heavy atom. The molecule has 1 aromatic rings. The monoisotopic (exact) mass is 259 g/mol. The number of H-pyrrole nitrogens is 1. The van der Waals surface area contributed by atoms with E-state index < -0.39 is 10.0 Å². The summed E-state index contributed by atoms with van der Waals surface area (Å²) in [5.41, 5.74) is 1.34. The van der Waals surface area contributed by atoms with E-state index in [9.17, 15) is 13.2 Å². The van der Waals surface area contributed by atoms with Crippen LogP contribution in [0, 0.1) is 0 Å². The lowest BCUT2D eigenvalue weighted by Gasteiger charge is -2.23. The number of hydrogen-bond donors (Lipinski definition) is 1. The molecule has 0 atom stereocenters. The van der Waals surface area contributed by atoms with Crippen LogP contribution in [0.2, 0.25) is 0 Å². The number of fused-ring (bicyclic) bond motifs is 1. The second kappa shape index (κ2) is 3.99. The van der Waals surface area contributed by atoms with Crippen molar-refractivity contribution in [1.82, 2.24) is 14.1 Å². The largest absolute Gasteiger partial charge is 0.299 e. The lowest BCUT2D eigenvalue weighted by Crippen LogP contribution is -2.36. The molecular formula is C10H17N3O3S. The maximum Gasteiger partial charge on any atom is 0.271 e. The first-order valence-electron chi connectivity index (χ1n) is 5.58. The van der Waals surface area contributed by atoms with Crippen LogP contribution in [0.1, 0.15) is 31.1 Å². The van der Waals surface area contributed by atoms with Crippen molar-refractivity contribution in [3.63, 3.8) is 0 Å². The minimum Gasteiger partial charge on any atom is -0.299 e. The zero-order valence-corrected chi connectivity index (χ0v) is 11.0. The second-order valence-corrected chi connectivity index (χ2v) is 6.67. The Labute approximate surface area is 100 Å².